The smallest absolute Gasteiger partial charge is 0.270 e. The molecule has 0 heterocycles. The fraction of sp³-hybridized carbons (Fsp3) is 0.111. The van der Waals surface area contributed by atoms with Gasteiger partial charge in [0.1, 0.15) is 5.75 Å². The van der Waals surface area contributed by atoms with Crippen molar-refractivity contribution < 1.29 is 10.0 Å². The van der Waals surface area contributed by atoms with Crippen LogP contribution in [0.15, 0.2) is 30.9 Å². The Kier molecular flexibility index (Phi) is 4.77. The van der Waals surface area contributed by atoms with Gasteiger partial charge in [0.05, 0.1) is 11.0 Å². The van der Waals surface area contributed by atoms with Crippen LogP contribution < -0.4 is 5.73 Å². The van der Waals surface area contributed by atoms with Crippen LogP contribution in [0.4, 0.5) is 5.69 Å². The van der Waals surface area contributed by atoms with Crippen molar-refractivity contribution in [3.05, 3.63) is 46.5 Å². The lowest BCUT2D eigenvalue weighted by Gasteiger charge is -2.08. The Bertz CT molecular complexity index is 382. The fourth-order valence-corrected chi connectivity index (χ4v) is 1.05. The molecule has 0 saturated heterocycles. The normalized spacial score (nSPS) is 11.3. The molecule has 0 fully saturated rings. The highest BCUT2D eigenvalue weighted by atomic mass is 35.5. The molecule has 0 aliphatic heterocycles. The molecule has 0 spiro atoms. The molecule has 15 heavy (non-hydrogen) atoms. The zero-order valence-corrected chi connectivity index (χ0v) is 8.61. The number of rotatable bonds is 3. The molecule has 0 amide bonds. The number of aromatic hydroxyl groups is 1. The van der Waals surface area contributed by atoms with Crippen molar-refractivity contribution in [2.24, 2.45) is 5.73 Å². The maximum absolute atomic E-state index is 10.4. The minimum atomic E-state index is -0.602. The molecule has 6 heteroatoms. The van der Waals surface area contributed by atoms with Crippen molar-refractivity contribution in [1.29, 1.82) is 0 Å². The van der Waals surface area contributed by atoms with Crippen molar-refractivity contribution >= 4 is 18.1 Å². The van der Waals surface area contributed by atoms with E-state index in [1.54, 1.807) is 0 Å². The standard InChI is InChI=1S/C9H10N2O3.ClH/c1-2-8(10)7-5-6(11(13)14)3-4-9(7)12;/h2-5,8,12H,1,10H2;1H/t8-;/m0./s1. The molecule has 1 aromatic carbocycles. The minimum Gasteiger partial charge on any atom is -0.508 e. The highest BCUT2D eigenvalue weighted by Crippen LogP contribution is 2.27. The van der Waals surface area contributed by atoms with Crippen LogP contribution in [-0.4, -0.2) is 10.0 Å². The van der Waals surface area contributed by atoms with Crippen LogP contribution in [-0.2, 0) is 0 Å². The molecular weight excluding hydrogens is 220 g/mol. The number of phenolic OH excluding ortho intramolecular Hbond substituents is 1. The lowest BCUT2D eigenvalue weighted by molar-refractivity contribution is -0.384. The molecule has 0 unspecified atom stereocenters. The third-order valence-electron chi connectivity index (χ3n) is 1.83. The molecule has 3 N–H and O–H groups in total. The molecule has 0 aliphatic rings. The highest BCUT2D eigenvalue weighted by molar-refractivity contribution is 5.85. The summed E-state index contributed by atoms with van der Waals surface area (Å²) in [6, 6.07) is 3.10. The summed E-state index contributed by atoms with van der Waals surface area (Å²) in [7, 11) is 0. The molecule has 82 valence electrons. The van der Waals surface area contributed by atoms with E-state index < -0.39 is 11.0 Å². The first kappa shape index (κ1) is 13.4. The van der Waals surface area contributed by atoms with Crippen molar-refractivity contribution in [2.75, 3.05) is 0 Å². The largest absolute Gasteiger partial charge is 0.508 e. The summed E-state index contributed by atoms with van der Waals surface area (Å²) in [4.78, 5) is 9.89. The summed E-state index contributed by atoms with van der Waals surface area (Å²) in [5, 5.41) is 19.8. The van der Waals surface area contributed by atoms with Crippen LogP contribution >= 0.6 is 12.4 Å². The topological polar surface area (TPSA) is 89.4 Å². The lowest BCUT2D eigenvalue weighted by Crippen LogP contribution is -2.07. The Hall–Kier alpha value is -1.59. The maximum atomic E-state index is 10.4. The van der Waals surface area contributed by atoms with Gasteiger partial charge in [-0.1, -0.05) is 6.08 Å². The first-order valence-corrected chi connectivity index (χ1v) is 3.91. The molecule has 0 radical (unpaired) electrons. The van der Waals surface area contributed by atoms with E-state index in [1.165, 1.54) is 24.3 Å². The van der Waals surface area contributed by atoms with E-state index in [0.717, 1.165) is 0 Å². The van der Waals surface area contributed by atoms with Crippen molar-refractivity contribution in [1.82, 2.24) is 0 Å². The summed E-state index contributed by atoms with van der Waals surface area (Å²) in [6.07, 6.45) is 1.40. The number of nitro groups is 1. The minimum absolute atomic E-state index is 0. The first-order valence-electron chi connectivity index (χ1n) is 3.91. The molecule has 0 aromatic heterocycles. The Balaban J connectivity index is 0.00000196. The molecular formula is C9H11ClN2O3. The number of hydrogen-bond acceptors (Lipinski definition) is 4. The number of nitrogens with zero attached hydrogens (tertiary/aromatic N) is 1. The van der Waals surface area contributed by atoms with Gasteiger partial charge >= 0.3 is 0 Å². The SMILES string of the molecule is C=C[C@H](N)c1cc([N+](=O)[O-])ccc1O.Cl. The number of non-ortho nitro benzene ring substituents is 1. The van der Waals surface area contributed by atoms with Gasteiger partial charge in [-0.15, -0.1) is 19.0 Å². The summed E-state index contributed by atoms with van der Waals surface area (Å²) >= 11 is 0. The molecule has 0 bridgehead atoms. The highest BCUT2D eigenvalue weighted by Gasteiger charge is 2.13. The predicted molar refractivity (Wildman–Crippen MR) is 59.1 cm³/mol. The number of hydrogen-bond donors (Lipinski definition) is 2. The lowest BCUT2D eigenvalue weighted by atomic mass is 10.1. The zero-order valence-electron chi connectivity index (χ0n) is 7.79. The molecule has 0 saturated carbocycles. The van der Waals surface area contributed by atoms with E-state index in [0.29, 0.717) is 5.56 Å². The van der Waals surface area contributed by atoms with Gasteiger partial charge in [0.2, 0.25) is 0 Å². The number of halogens is 1. The summed E-state index contributed by atoms with van der Waals surface area (Å²) in [5.41, 5.74) is 5.76. The van der Waals surface area contributed by atoms with E-state index in [9.17, 15) is 15.2 Å². The van der Waals surface area contributed by atoms with Crippen LogP contribution in [0.1, 0.15) is 11.6 Å². The Labute approximate surface area is 92.8 Å². The average molecular weight is 231 g/mol. The zero-order chi connectivity index (χ0) is 10.7. The maximum Gasteiger partial charge on any atom is 0.270 e. The molecule has 1 atom stereocenters. The van der Waals surface area contributed by atoms with Gasteiger partial charge in [-0.3, -0.25) is 10.1 Å². The van der Waals surface area contributed by atoms with E-state index >= 15 is 0 Å². The van der Waals surface area contributed by atoms with E-state index in [1.807, 2.05) is 0 Å². The van der Waals surface area contributed by atoms with Crippen molar-refractivity contribution in [3.8, 4) is 5.75 Å². The van der Waals surface area contributed by atoms with Crippen LogP contribution in [0.2, 0.25) is 0 Å². The number of phenols is 1. The van der Waals surface area contributed by atoms with Gasteiger partial charge in [-0.25, -0.2) is 0 Å². The predicted octanol–water partition coefficient (Wildman–Crippen LogP) is 1.91. The van der Waals surface area contributed by atoms with Crippen LogP contribution in [0.3, 0.4) is 0 Å². The van der Waals surface area contributed by atoms with Gasteiger partial charge in [0.15, 0.2) is 0 Å². The van der Waals surface area contributed by atoms with Crippen molar-refractivity contribution in [3.63, 3.8) is 0 Å². The van der Waals surface area contributed by atoms with Gasteiger partial charge < -0.3 is 10.8 Å². The van der Waals surface area contributed by atoms with Crippen LogP contribution in [0.5, 0.6) is 5.75 Å². The monoisotopic (exact) mass is 230 g/mol. The third-order valence-corrected chi connectivity index (χ3v) is 1.83. The van der Waals surface area contributed by atoms with Gasteiger partial charge in [0.25, 0.3) is 5.69 Å². The molecule has 1 aromatic rings. The quantitative estimate of drug-likeness (QED) is 0.472. The number of nitro benzene ring substituents is 1. The Morgan fingerprint density at radius 3 is 2.67 bits per heavy atom. The van der Waals surface area contributed by atoms with E-state index in [4.69, 9.17) is 5.73 Å². The van der Waals surface area contributed by atoms with E-state index in [-0.39, 0.29) is 23.8 Å². The Morgan fingerprint density at radius 1 is 1.60 bits per heavy atom. The second-order valence-electron chi connectivity index (χ2n) is 2.76. The van der Waals surface area contributed by atoms with Crippen LogP contribution in [0, 0.1) is 10.1 Å². The van der Waals surface area contributed by atoms with Crippen LogP contribution in [0.25, 0.3) is 0 Å². The second kappa shape index (κ2) is 5.33. The molecule has 5 nitrogen and oxygen atoms in total. The fourth-order valence-electron chi connectivity index (χ4n) is 1.05. The number of nitrogens with two attached hydrogens (primary N) is 1. The van der Waals surface area contributed by atoms with Crippen molar-refractivity contribution in [2.45, 2.75) is 6.04 Å². The van der Waals surface area contributed by atoms with Gasteiger partial charge in [-0.05, 0) is 6.07 Å². The van der Waals surface area contributed by atoms with Gasteiger partial charge in [0, 0.05) is 17.7 Å². The van der Waals surface area contributed by atoms with Gasteiger partial charge in [-0.2, -0.15) is 0 Å². The third kappa shape index (κ3) is 2.93. The summed E-state index contributed by atoms with van der Waals surface area (Å²) in [6.45, 7) is 3.45. The number of benzene rings is 1. The summed E-state index contributed by atoms with van der Waals surface area (Å²) in [5.74, 6) is -0.0667. The average Bonchev–Trinajstić information content (AvgIpc) is 2.17. The second-order valence-corrected chi connectivity index (χ2v) is 2.76. The Morgan fingerprint density at radius 2 is 2.20 bits per heavy atom. The van der Waals surface area contributed by atoms with E-state index in [2.05, 4.69) is 6.58 Å². The first-order chi connectivity index (χ1) is 6.56. The molecule has 0 aliphatic carbocycles. The summed E-state index contributed by atoms with van der Waals surface area (Å²) < 4.78 is 0. The molecule has 1 rings (SSSR count).